The summed E-state index contributed by atoms with van der Waals surface area (Å²) in [7, 11) is 3.60. The molecule has 5 heteroatoms. The first kappa shape index (κ1) is 21.0. The van der Waals surface area contributed by atoms with Gasteiger partial charge in [0.25, 0.3) is 0 Å². The van der Waals surface area contributed by atoms with Gasteiger partial charge in [-0.3, -0.25) is 14.6 Å². The summed E-state index contributed by atoms with van der Waals surface area (Å²) >= 11 is 0. The van der Waals surface area contributed by atoms with Crippen LogP contribution in [0, 0.1) is 11.3 Å². The van der Waals surface area contributed by atoms with Crippen molar-refractivity contribution < 1.29 is 9.59 Å². The van der Waals surface area contributed by atoms with E-state index in [1.807, 2.05) is 35.4 Å². The summed E-state index contributed by atoms with van der Waals surface area (Å²) in [5.74, 6) is 0.556. The van der Waals surface area contributed by atoms with Crippen LogP contribution in [-0.2, 0) is 16.0 Å². The number of benzene rings is 1. The number of amides is 2. The van der Waals surface area contributed by atoms with Crippen LogP contribution in [0.4, 0.5) is 0 Å². The highest BCUT2D eigenvalue weighted by atomic mass is 16.2. The molecule has 1 atom stereocenters. The average molecular weight is 394 g/mol. The third-order valence-electron chi connectivity index (χ3n) is 5.67. The fraction of sp³-hybridized carbons (Fsp3) is 0.458. The van der Waals surface area contributed by atoms with Gasteiger partial charge in [0.15, 0.2) is 0 Å². The van der Waals surface area contributed by atoms with Gasteiger partial charge in [0, 0.05) is 51.6 Å². The van der Waals surface area contributed by atoms with E-state index in [9.17, 15) is 9.59 Å². The number of pyridine rings is 1. The maximum Gasteiger partial charge on any atom is 0.230 e. The van der Waals surface area contributed by atoms with Crippen LogP contribution in [0.15, 0.2) is 48.8 Å². The van der Waals surface area contributed by atoms with Gasteiger partial charge < -0.3 is 9.80 Å². The predicted octanol–water partition coefficient (Wildman–Crippen LogP) is 3.64. The fourth-order valence-corrected chi connectivity index (χ4v) is 4.28. The molecule has 0 bridgehead atoms. The number of carbonyl (C=O) groups excluding carboxylic acids is 2. The van der Waals surface area contributed by atoms with Gasteiger partial charge in [0.2, 0.25) is 11.8 Å². The molecule has 2 amide bonds. The maximum absolute atomic E-state index is 13.3. The van der Waals surface area contributed by atoms with E-state index in [1.165, 1.54) is 0 Å². The molecule has 2 aromatic rings. The van der Waals surface area contributed by atoms with E-state index in [4.69, 9.17) is 0 Å². The minimum Gasteiger partial charge on any atom is -0.348 e. The molecule has 1 saturated heterocycles. The van der Waals surface area contributed by atoms with Crippen molar-refractivity contribution >= 4 is 11.8 Å². The van der Waals surface area contributed by atoms with Gasteiger partial charge in [-0.15, -0.1) is 0 Å². The highest BCUT2D eigenvalue weighted by molar-refractivity contribution is 5.86. The van der Waals surface area contributed by atoms with Crippen molar-refractivity contribution in [2.75, 3.05) is 27.2 Å². The summed E-state index contributed by atoms with van der Waals surface area (Å²) in [6.07, 6.45) is 5.44. The van der Waals surface area contributed by atoms with Crippen molar-refractivity contribution in [3.63, 3.8) is 0 Å². The number of hydrogen-bond donors (Lipinski definition) is 0. The zero-order valence-corrected chi connectivity index (χ0v) is 17.9. The smallest absolute Gasteiger partial charge is 0.230 e. The Morgan fingerprint density at radius 3 is 2.59 bits per heavy atom. The topological polar surface area (TPSA) is 53.5 Å². The van der Waals surface area contributed by atoms with Gasteiger partial charge in [-0.1, -0.05) is 44.2 Å². The third-order valence-corrected chi connectivity index (χ3v) is 5.67. The normalized spacial score (nSPS) is 18.9. The number of aromatic nitrogens is 1. The summed E-state index contributed by atoms with van der Waals surface area (Å²) in [4.78, 5) is 33.8. The van der Waals surface area contributed by atoms with Crippen LogP contribution < -0.4 is 0 Å². The molecular weight excluding hydrogens is 362 g/mol. The molecule has 1 aromatic carbocycles. The van der Waals surface area contributed by atoms with Crippen LogP contribution in [0.25, 0.3) is 11.1 Å². The van der Waals surface area contributed by atoms with Gasteiger partial charge in [-0.05, 0) is 36.0 Å². The zero-order chi connectivity index (χ0) is 21.0. The zero-order valence-electron chi connectivity index (χ0n) is 17.9. The molecule has 1 aromatic heterocycles. The molecule has 1 fully saturated rings. The number of likely N-dealkylation sites (tertiary alicyclic amines) is 1. The van der Waals surface area contributed by atoms with Crippen LogP contribution >= 0.6 is 0 Å². The van der Waals surface area contributed by atoms with E-state index >= 15 is 0 Å². The average Bonchev–Trinajstić information content (AvgIpc) is 3.13. The minimum atomic E-state index is -0.589. The third kappa shape index (κ3) is 4.66. The molecule has 29 heavy (non-hydrogen) atoms. The molecule has 0 N–H and O–H groups in total. The van der Waals surface area contributed by atoms with E-state index in [2.05, 4.69) is 31.0 Å². The number of hydrogen-bond acceptors (Lipinski definition) is 3. The van der Waals surface area contributed by atoms with Crippen molar-refractivity contribution in [3.8, 4) is 11.1 Å². The Hall–Kier alpha value is -2.69. The van der Waals surface area contributed by atoms with Gasteiger partial charge >= 0.3 is 0 Å². The molecule has 0 saturated carbocycles. The van der Waals surface area contributed by atoms with Crippen LogP contribution in [-0.4, -0.2) is 53.8 Å². The monoisotopic (exact) mass is 393 g/mol. The largest absolute Gasteiger partial charge is 0.348 e. The molecule has 1 aliphatic rings. The molecule has 154 valence electrons. The Labute approximate surface area is 173 Å². The fourth-order valence-electron chi connectivity index (χ4n) is 4.28. The lowest BCUT2D eigenvalue weighted by molar-refractivity contribution is -0.139. The Kier molecular flexibility index (Phi) is 6.36. The van der Waals surface area contributed by atoms with Crippen molar-refractivity contribution in [3.05, 3.63) is 54.4 Å². The number of nitrogens with zero attached hydrogens (tertiary/aromatic N) is 3. The molecule has 0 aliphatic carbocycles. The second-order valence-corrected chi connectivity index (χ2v) is 8.72. The van der Waals surface area contributed by atoms with Gasteiger partial charge in [-0.25, -0.2) is 0 Å². The van der Waals surface area contributed by atoms with Crippen LogP contribution in [0.1, 0.15) is 32.3 Å². The van der Waals surface area contributed by atoms with Crippen molar-refractivity contribution in [2.45, 2.75) is 33.1 Å². The molecule has 2 heterocycles. The van der Waals surface area contributed by atoms with E-state index in [-0.39, 0.29) is 11.8 Å². The van der Waals surface area contributed by atoms with Crippen LogP contribution in [0.3, 0.4) is 0 Å². The SMILES string of the molecule is CC(C)CC(=O)N1CC[C@](Cc2ccccc2-c2cccnc2)(C(=O)N(C)C)C1. The van der Waals surface area contributed by atoms with E-state index < -0.39 is 5.41 Å². The van der Waals surface area contributed by atoms with Crippen molar-refractivity contribution in [1.29, 1.82) is 0 Å². The van der Waals surface area contributed by atoms with Gasteiger partial charge in [0.05, 0.1) is 5.41 Å². The highest BCUT2D eigenvalue weighted by Gasteiger charge is 2.46. The lowest BCUT2D eigenvalue weighted by atomic mass is 9.78. The van der Waals surface area contributed by atoms with Crippen molar-refractivity contribution in [1.82, 2.24) is 14.8 Å². The molecule has 0 unspecified atom stereocenters. The van der Waals surface area contributed by atoms with Crippen LogP contribution in [0.5, 0.6) is 0 Å². The van der Waals surface area contributed by atoms with Crippen LogP contribution in [0.2, 0.25) is 0 Å². The quantitative estimate of drug-likeness (QED) is 0.753. The lowest BCUT2D eigenvalue weighted by Crippen LogP contribution is -2.44. The molecular formula is C24H31N3O2. The maximum atomic E-state index is 13.3. The standard InChI is InChI=1S/C24H31N3O2/c1-18(2)14-22(28)27-13-11-24(17-27,23(29)26(3)4)15-19-8-5-6-10-21(19)20-9-7-12-25-16-20/h5-10,12,16,18H,11,13-15,17H2,1-4H3/t24-/m1/s1. The first-order valence-electron chi connectivity index (χ1n) is 10.3. The summed E-state index contributed by atoms with van der Waals surface area (Å²) < 4.78 is 0. The minimum absolute atomic E-state index is 0.0957. The predicted molar refractivity (Wildman–Crippen MR) is 115 cm³/mol. The van der Waals surface area contributed by atoms with E-state index in [0.29, 0.717) is 38.3 Å². The summed E-state index contributed by atoms with van der Waals surface area (Å²) in [6.45, 7) is 5.23. The van der Waals surface area contributed by atoms with Crippen molar-refractivity contribution in [2.24, 2.45) is 11.3 Å². The molecule has 3 rings (SSSR count). The Morgan fingerprint density at radius 1 is 1.17 bits per heavy atom. The van der Waals surface area contributed by atoms with Gasteiger partial charge in [-0.2, -0.15) is 0 Å². The second kappa shape index (κ2) is 8.76. The Morgan fingerprint density at radius 2 is 1.93 bits per heavy atom. The Balaban J connectivity index is 1.93. The summed E-state index contributed by atoms with van der Waals surface area (Å²) in [5, 5.41) is 0. The number of carbonyl (C=O) groups is 2. The lowest BCUT2D eigenvalue weighted by Gasteiger charge is -2.32. The van der Waals surface area contributed by atoms with E-state index in [1.54, 1.807) is 25.2 Å². The van der Waals surface area contributed by atoms with E-state index in [0.717, 1.165) is 16.7 Å². The number of rotatable bonds is 6. The second-order valence-electron chi connectivity index (χ2n) is 8.72. The molecule has 1 aliphatic heterocycles. The first-order chi connectivity index (χ1) is 13.8. The summed E-state index contributed by atoms with van der Waals surface area (Å²) in [6, 6.07) is 12.2. The molecule has 0 spiro atoms. The molecule has 5 nitrogen and oxygen atoms in total. The van der Waals surface area contributed by atoms with Gasteiger partial charge in [0.1, 0.15) is 0 Å². The highest BCUT2D eigenvalue weighted by Crippen LogP contribution is 2.38. The first-order valence-corrected chi connectivity index (χ1v) is 10.3. The summed E-state index contributed by atoms with van der Waals surface area (Å²) in [5.41, 5.74) is 2.67. The Bertz CT molecular complexity index is 863. The molecule has 0 radical (unpaired) electrons.